The molecule has 10 nitrogen and oxygen atoms in total. The normalized spacial score (nSPS) is 15.6. The van der Waals surface area contributed by atoms with E-state index in [1.807, 2.05) is 36.4 Å². The van der Waals surface area contributed by atoms with Crippen molar-refractivity contribution < 1.29 is 23.2 Å². The Morgan fingerprint density at radius 1 is 1.07 bits per heavy atom. The summed E-state index contributed by atoms with van der Waals surface area (Å²) >= 11 is 0. The van der Waals surface area contributed by atoms with E-state index >= 15 is 0 Å². The van der Waals surface area contributed by atoms with Crippen LogP contribution in [0.4, 0.5) is 5.82 Å². The van der Waals surface area contributed by atoms with Gasteiger partial charge in [0.25, 0.3) is 0 Å². The van der Waals surface area contributed by atoms with Gasteiger partial charge in [0.2, 0.25) is 5.92 Å². The number of fused-ring (bicyclic) bond motifs is 1. The highest BCUT2D eigenvalue weighted by Gasteiger charge is 2.32. The van der Waals surface area contributed by atoms with Crippen LogP contribution < -0.4 is 9.64 Å². The first-order valence-electron chi connectivity index (χ1n) is 14.3. The Hall–Kier alpha value is -3.46. The van der Waals surface area contributed by atoms with E-state index in [2.05, 4.69) is 43.2 Å². The van der Waals surface area contributed by atoms with Gasteiger partial charge in [0.05, 0.1) is 44.1 Å². The highest BCUT2D eigenvalue weighted by molar-refractivity contribution is 8.29. The van der Waals surface area contributed by atoms with Gasteiger partial charge >= 0.3 is 5.97 Å². The van der Waals surface area contributed by atoms with Gasteiger partial charge in [0.15, 0.2) is 11.5 Å². The fraction of sp³-hybridized carbons (Fsp3) is 0.531. The molecule has 1 aliphatic rings. The number of carbonyl (C=O) groups excluding carboxylic acids is 1. The molecule has 0 saturated carbocycles. The van der Waals surface area contributed by atoms with Crippen molar-refractivity contribution in [3.8, 4) is 23.1 Å². The molecule has 4 rings (SSSR count). The second-order valence-electron chi connectivity index (χ2n) is 12.8. The Morgan fingerprint density at radius 3 is 2.37 bits per heavy atom. The van der Waals surface area contributed by atoms with E-state index in [9.17, 15) is 10.1 Å². The predicted molar refractivity (Wildman–Crippen MR) is 171 cm³/mol. The van der Waals surface area contributed by atoms with Gasteiger partial charge in [-0.3, -0.25) is 4.79 Å². The van der Waals surface area contributed by atoms with Crippen LogP contribution in [0.3, 0.4) is 0 Å². The third-order valence-corrected chi connectivity index (χ3v) is 11.1. The minimum Gasteiger partial charge on any atom is -0.496 e. The van der Waals surface area contributed by atoms with Crippen molar-refractivity contribution in [3.05, 3.63) is 41.7 Å². The topological polar surface area (TPSA) is 120 Å². The van der Waals surface area contributed by atoms with Gasteiger partial charge in [-0.1, -0.05) is 20.8 Å². The average molecular weight is 610 g/mol. The van der Waals surface area contributed by atoms with E-state index in [-0.39, 0.29) is 10.6 Å². The van der Waals surface area contributed by atoms with Gasteiger partial charge in [0, 0.05) is 29.0 Å². The molecule has 11 heteroatoms. The number of hydrogen-bond donors (Lipinski definition) is 0. The Balaban J connectivity index is 1.79. The van der Waals surface area contributed by atoms with Crippen LogP contribution in [-0.2, 0) is 25.1 Å². The summed E-state index contributed by atoms with van der Waals surface area (Å²) in [6, 6.07) is 11.8. The molecule has 0 bridgehead atoms. The zero-order valence-corrected chi connectivity index (χ0v) is 27.5. The van der Waals surface area contributed by atoms with E-state index in [0.29, 0.717) is 50.1 Å². The molecule has 1 aromatic carbocycles. The number of aromatic nitrogens is 3. The highest BCUT2D eigenvalue weighted by Crippen LogP contribution is 2.54. The smallest absolute Gasteiger partial charge is 0.331 e. The number of nitrogens with zero attached hydrogens (tertiary/aromatic N) is 5. The summed E-state index contributed by atoms with van der Waals surface area (Å²) in [6.07, 6.45) is 4.34. The molecular weight excluding hydrogens is 566 g/mol. The van der Waals surface area contributed by atoms with Crippen molar-refractivity contribution in [2.24, 2.45) is 0 Å². The third kappa shape index (κ3) is 7.55. The van der Waals surface area contributed by atoms with Crippen LogP contribution in [0.15, 0.2) is 30.3 Å². The number of pyridine rings is 1. The van der Waals surface area contributed by atoms with Crippen LogP contribution in [0, 0.1) is 11.3 Å². The molecule has 232 valence electrons. The molecular formula is C32H43N5O5S. The van der Waals surface area contributed by atoms with Gasteiger partial charge in [0.1, 0.15) is 17.2 Å². The molecule has 1 fully saturated rings. The van der Waals surface area contributed by atoms with Gasteiger partial charge in [-0.2, -0.15) is 5.26 Å². The monoisotopic (exact) mass is 609 g/mol. The molecule has 2 aromatic heterocycles. The maximum absolute atomic E-state index is 13.0. The second kappa shape index (κ2) is 12.6. The quantitative estimate of drug-likeness (QED) is 0.291. The molecule has 1 aliphatic heterocycles. The SMILES string of the molecule is COc1ccc(-c2ccc3c(N4CCOCC4)nc(C(C#N)C(=O)OC(C)(C)C)nc3n2)cc1COS(C)(C)C(C)(C)C. The molecule has 1 saturated heterocycles. The summed E-state index contributed by atoms with van der Waals surface area (Å²) in [4.78, 5) is 29.3. The molecule has 1 unspecified atom stereocenters. The first-order valence-corrected chi connectivity index (χ1v) is 16.7. The first-order chi connectivity index (χ1) is 20.1. The number of hydrogen-bond acceptors (Lipinski definition) is 10. The summed E-state index contributed by atoms with van der Waals surface area (Å²) in [5.41, 5.74) is 2.09. The highest BCUT2D eigenvalue weighted by atomic mass is 32.3. The lowest BCUT2D eigenvalue weighted by molar-refractivity contribution is -0.155. The van der Waals surface area contributed by atoms with Gasteiger partial charge < -0.3 is 23.3 Å². The summed E-state index contributed by atoms with van der Waals surface area (Å²) in [5, 5.41) is 10.7. The number of rotatable bonds is 8. The molecule has 0 N–H and O–H groups in total. The van der Waals surface area contributed by atoms with Crippen molar-refractivity contribution in [1.29, 1.82) is 5.26 Å². The van der Waals surface area contributed by atoms with Crippen LogP contribution >= 0.6 is 10.3 Å². The Labute approximate surface area is 256 Å². The van der Waals surface area contributed by atoms with Crippen molar-refractivity contribution in [2.75, 3.05) is 50.8 Å². The van der Waals surface area contributed by atoms with Crippen LogP contribution in [0.25, 0.3) is 22.3 Å². The minimum atomic E-state index is -1.34. The number of carbonyl (C=O) groups is 1. The molecule has 1 atom stereocenters. The number of ether oxygens (including phenoxy) is 3. The molecule has 3 aromatic rings. The number of methoxy groups -OCH3 is 1. The lowest BCUT2D eigenvalue weighted by atomic mass is 10.1. The zero-order chi connectivity index (χ0) is 31.6. The van der Waals surface area contributed by atoms with Crippen molar-refractivity contribution >= 4 is 33.1 Å². The lowest BCUT2D eigenvalue weighted by Gasteiger charge is -2.43. The second-order valence-corrected chi connectivity index (χ2v) is 16.7. The van der Waals surface area contributed by atoms with Crippen LogP contribution in [0.2, 0.25) is 0 Å². The Morgan fingerprint density at radius 2 is 1.77 bits per heavy atom. The molecule has 0 radical (unpaired) electrons. The minimum absolute atomic E-state index is 0.0218. The predicted octanol–water partition coefficient (Wildman–Crippen LogP) is 5.78. The average Bonchev–Trinajstić information content (AvgIpc) is 2.94. The van der Waals surface area contributed by atoms with Gasteiger partial charge in [-0.15, -0.1) is 10.3 Å². The largest absolute Gasteiger partial charge is 0.496 e. The summed E-state index contributed by atoms with van der Waals surface area (Å²) < 4.78 is 23.2. The Bertz CT molecular complexity index is 1520. The Kier molecular flexibility index (Phi) is 9.54. The number of morpholine rings is 1. The van der Waals surface area contributed by atoms with Crippen LogP contribution in [0.1, 0.15) is 58.8 Å². The number of esters is 1. The molecule has 0 spiro atoms. The summed E-state index contributed by atoms with van der Waals surface area (Å²) in [7, 11) is 0.307. The van der Waals surface area contributed by atoms with E-state index in [0.717, 1.165) is 22.3 Å². The van der Waals surface area contributed by atoms with Crippen molar-refractivity contribution in [3.63, 3.8) is 0 Å². The van der Waals surface area contributed by atoms with E-state index < -0.39 is 27.8 Å². The first kappa shape index (κ1) is 32.5. The maximum atomic E-state index is 13.0. The van der Waals surface area contributed by atoms with Crippen LogP contribution in [0.5, 0.6) is 5.75 Å². The summed E-state index contributed by atoms with van der Waals surface area (Å²) in [5.74, 6) is -0.582. The van der Waals surface area contributed by atoms with Crippen LogP contribution in [-0.4, -0.2) is 77.2 Å². The fourth-order valence-corrected chi connectivity index (χ4v) is 5.11. The van der Waals surface area contributed by atoms with Crippen molar-refractivity contribution in [1.82, 2.24) is 15.0 Å². The standard InChI is InChI=1S/C32H43N5O5S/c1-31(2,3)42-30(38)24(19-33)28-35-27-23(29(36-28)37-14-16-40-17-15-37)11-12-25(34-27)21-10-13-26(39-7)22(18-21)20-41-43(8,9)32(4,5)6/h10-13,18,24H,14-17,20H2,1-9H3. The molecule has 43 heavy (non-hydrogen) atoms. The molecule has 3 heterocycles. The van der Waals surface area contributed by atoms with Crippen molar-refractivity contribution in [2.45, 2.75) is 64.4 Å². The maximum Gasteiger partial charge on any atom is 0.331 e. The van der Waals surface area contributed by atoms with Gasteiger partial charge in [-0.05, 0) is 63.6 Å². The third-order valence-electron chi connectivity index (χ3n) is 7.46. The lowest BCUT2D eigenvalue weighted by Crippen LogP contribution is -2.37. The number of anilines is 1. The van der Waals surface area contributed by atoms with Gasteiger partial charge in [-0.25, -0.2) is 15.0 Å². The molecule has 0 amide bonds. The number of benzene rings is 1. The molecule has 0 aliphatic carbocycles. The van der Waals surface area contributed by atoms with E-state index in [1.165, 1.54) is 0 Å². The van der Waals surface area contributed by atoms with E-state index in [4.69, 9.17) is 28.4 Å². The fourth-order valence-electron chi connectivity index (χ4n) is 4.33. The van der Waals surface area contributed by atoms with E-state index in [1.54, 1.807) is 27.9 Å². The number of nitriles is 1. The zero-order valence-electron chi connectivity index (χ0n) is 26.7. The summed E-state index contributed by atoms with van der Waals surface area (Å²) in [6.45, 7) is 14.6.